The number of nitrogens with one attached hydrogen (secondary N) is 1. The standard InChI is InChI=1S/C30H37N5O4/c1-6-19(3)30(38)35-14-15-39-29-28(35)20(4)26(17-31-29)34-13-12-23(7-2)25(18-34)33-21(5)32-24-10-8-22(9-11-24)16-27(36)37/h7-11,17,19H,2,6,12-16,18H2,1,3-5H3,(H,32,33)(H,36,37). The van der Waals surface area contributed by atoms with Gasteiger partial charge in [-0.05, 0) is 50.0 Å². The fourth-order valence-corrected chi connectivity index (χ4v) is 4.92. The van der Waals surface area contributed by atoms with Gasteiger partial charge in [-0.2, -0.15) is 0 Å². The Bertz CT molecular complexity index is 1320. The molecule has 2 aliphatic rings. The van der Waals surface area contributed by atoms with Crippen LogP contribution in [0.25, 0.3) is 0 Å². The molecule has 1 aromatic heterocycles. The number of hydrogen-bond donors (Lipinski definition) is 2. The number of benzene rings is 1. The Balaban J connectivity index is 1.57. The zero-order chi connectivity index (χ0) is 28.1. The van der Waals surface area contributed by atoms with Crippen LogP contribution >= 0.6 is 0 Å². The zero-order valence-electron chi connectivity index (χ0n) is 23.2. The molecule has 0 saturated carbocycles. The van der Waals surface area contributed by atoms with Crippen molar-refractivity contribution in [1.29, 1.82) is 0 Å². The van der Waals surface area contributed by atoms with E-state index >= 15 is 0 Å². The molecule has 2 N–H and O–H groups in total. The minimum Gasteiger partial charge on any atom is -0.481 e. The van der Waals surface area contributed by atoms with E-state index in [9.17, 15) is 9.59 Å². The van der Waals surface area contributed by atoms with Gasteiger partial charge in [0.15, 0.2) is 0 Å². The highest BCUT2D eigenvalue weighted by atomic mass is 16.5. The van der Waals surface area contributed by atoms with Gasteiger partial charge in [0.05, 0.1) is 37.1 Å². The van der Waals surface area contributed by atoms with E-state index in [1.807, 2.05) is 57.0 Å². The van der Waals surface area contributed by atoms with E-state index in [-0.39, 0.29) is 18.2 Å². The van der Waals surface area contributed by atoms with Crippen molar-refractivity contribution in [1.82, 2.24) is 4.98 Å². The van der Waals surface area contributed by atoms with Crippen molar-refractivity contribution < 1.29 is 19.4 Å². The largest absolute Gasteiger partial charge is 0.481 e. The number of allylic oxidation sites excluding steroid dienone is 1. The Morgan fingerprint density at radius 1 is 1.28 bits per heavy atom. The molecule has 0 radical (unpaired) electrons. The van der Waals surface area contributed by atoms with Gasteiger partial charge < -0.3 is 25.0 Å². The molecular weight excluding hydrogens is 494 g/mol. The summed E-state index contributed by atoms with van der Waals surface area (Å²) in [6.45, 7) is 14.2. The van der Waals surface area contributed by atoms with E-state index in [0.717, 1.165) is 64.7 Å². The monoisotopic (exact) mass is 531 g/mol. The van der Waals surface area contributed by atoms with Crippen LogP contribution in [0.5, 0.6) is 5.88 Å². The smallest absolute Gasteiger partial charge is 0.307 e. The van der Waals surface area contributed by atoms with Crippen LogP contribution in [0.4, 0.5) is 17.1 Å². The third-order valence-corrected chi connectivity index (χ3v) is 7.26. The minimum atomic E-state index is -0.856. The second kappa shape index (κ2) is 12.1. The van der Waals surface area contributed by atoms with Crippen LogP contribution in [-0.4, -0.2) is 54.0 Å². The number of fused-ring (bicyclic) bond motifs is 1. The Hall–Kier alpha value is -4.14. The Labute approximate surface area is 229 Å². The molecule has 4 rings (SSSR count). The average molecular weight is 532 g/mol. The van der Waals surface area contributed by atoms with Gasteiger partial charge in [0, 0.05) is 23.7 Å². The SMILES string of the molecule is C=CC1=C(N=C(C)Nc2ccc(CC(=O)O)cc2)CN(c2cnc3c(c2C)N(C(=O)C(C)CC)CCO3)CC1. The number of carbonyl (C=O) groups is 2. The summed E-state index contributed by atoms with van der Waals surface area (Å²) in [6.07, 6.45) is 5.24. The van der Waals surface area contributed by atoms with Crippen LogP contribution in [0, 0.1) is 12.8 Å². The van der Waals surface area contributed by atoms with E-state index in [1.165, 1.54) is 0 Å². The number of carboxylic acid groups (broad SMARTS) is 1. The number of pyridine rings is 1. The summed E-state index contributed by atoms with van der Waals surface area (Å²) in [7, 11) is 0. The average Bonchev–Trinajstić information content (AvgIpc) is 2.93. The molecular formula is C30H37N5O4. The number of rotatable bonds is 8. The van der Waals surface area contributed by atoms with E-state index in [0.29, 0.717) is 25.6 Å². The highest BCUT2D eigenvalue weighted by Gasteiger charge is 2.31. The van der Waals surface area contributed by atoms with E-state index < -0.39 is 5.97 Å². The third-order valence-electron chi connectivity index (χ3n) is 7.26. The van der Waals surface area contributed by atoms with Crippen molar-refractivity contribution in [2.24, 2.45) is 10.9 Å². The molecule has 206 valence electrons. The number of aromatic nitrogens is 1. The van der Waals surface area contributed by atoms with Gasteiger partial charge in [0.2, 0.25) is 11.8 Å². The van der Waals surface area contributed by atoms with E-state index in [4.69, 9.17) is 14.8 Å². The summed E-state index contributed by atoms with van der Waals surface area (Å²) in [5.41, 5.74) is 6.26. The van der Waals surface area contributed by atoms with Crippen LogP contribution in [0.1, 0.15) is 44.7 Å². The maximum atomic E-state index is 13.2. The number of amides is 1. The first-order valence-electron chi connectivity index (χ1n) is 13.4. The molecule has 0 bridgehead atoms. The van der Waals surface area contributed by atoms with Gasteiger partial charge in [-0.3, -0.25) is 9.59 Å². The van der Waals surface area contributed by atoms with Crippen molar-refractivity contribution >= 4 is 34.8 Å². The topological polar surface area (TPSA) is 107 Å². The first-order chi connectivity index (χ1) is 18.7. The highest BCUT2D eigenvalue weighted by Crippen LogP contribution is 2.40. The van der Waals surface area contributed by atoms with Crippen LogP contribution in [0.3, 0.4) is 0 Å². The van der Waals surface area contributed by atoms with Gasteiger partial charge in [0.25, 0.3) is 0 Å². The Kier molecular flexibility index (Phi) is 8.69. The van der Waals surface area contributed by atoms with Crippen molar-refractivity contribution in [3.8, 4) is 5.88 Å². The summed E-state index contributed by atoms with van der Waals surface area (Å²) < 4.78 is 5.83. The predicted octanol–water partition coefficient (Wildman–Crippen LogP) is 4.97. The Morgan fingerprint density at radius 2 is 2.03 bits per heavy atom. The lowest BCUT2D eigenvalue weighted by Crippen LogP contribution is -2.42. The third kappa shape index (κ3) is 6.30. The second-order valence-corrected chi connectivity index (χ2v) is 10.0. The number of ether oxygens (including phenoxy) is 1. The van der Waals surface area contributed by atoms with E-state index in [2.05, 4.69) is 21.8 Å². The summed E-state index contributed by atoms with van der Waals surface area (Å²) in [5.74, 6) is 0.393. The fourth-order valence-electron chi connectivity index (χ4n) is 4.92. The lowest BCUT2D eigenvalue weighted by Gasteiger charge is -2.36. The van der Waals surface area contributed by atoms with Crippen LogP contribution in [0.2, 0.25) is 0 Å². The first kappa shape index (κ1) is 27.9. The first-order valence-corrected chi connectivity index (χ1v) is 13.4. The molecule has 39 heavy (non-hydrogen) atoms. The number of aliphatic carboxylic acids is 1. The van der Waals surface area contributed by atoms with Crippen molar-refractivity contribution in [2.75, 3.05) is 41.4 Å². The summed E-state index contributed by atoms with van der Waals surface area (Å²) >= 11 is 0. The minimum absolute atomic E-state index is 0.00852. The molecule has 0 fully saturated rings. The maximum Gasteiger partial charge on any atom is 0.307 e. The van der Waals surface area contributed by atoms with Crippen molar-refractivity contribution in [3.05, 3.63) is 65.5 Å². The van der Waals surface area contributed by atoms with Gasteiger partial charge >= 0.3 is 5.97 Å². The van der Waals surface area contributed by atoms with Gasteiger partial charge in [-0.1, -0.05) is 38.6 Å². The number of carbonyl (C=O) groups excluding carboxylic acids is 1. The van der Waals surface area contributed by atoms with Crippen LogP contribution in [-0.2, 0) is 16.0 Å². The van der Waals surface area contributed by atoms with E-state index in [1.54, 1.807) is 12.1 Å². The molecule has 1 aromatic carbocycles. The van der Waals surface area contributed by atoms with Crippen molar-refractivity contribution in [3.63, 3.8) is 0 Å². The molecule has 1 atom stereocenters. The molecule has 1 unspecified atom stereocenters. The number of aliphatic imine (C=N–C) groups is 1. The molecule has 1 amide bonds. The molecule has 3 heterocycles. The predicted molar refractivity (Wildman–Crippen MR) is 155 cm³/mol. The quantitative estimate of drug-likeness (QED) is 0.366. The summed E-state index contributed by atoms with van der Waals surface area (Å²) in [4.78, 5) is 37.7. The molecule has 9 heteroatoms. The second-order valence-electron chi connectivity index (χ2n) is 10.0. The fraction of sp³-hybridized carbons (Fsp3) is 0.400. The van der Waals surface area contributed by atoms with Gasteiger partial charge in [0.1, 0.15) is 18.1 Å². The molecule has 9 nitrogen and oxygen atoms in total. The Morgan fingerprint density at radius 3 is 2.69 bits per heavy atom. The van der Waals surface area contributed by atoms with Crippen molar-refractivity contribution in [2.45, 2.75) is 47.0 Å². The van der Waals surface area contributed by atoms with Gasteiger partial charge in [-0.15, -0.1) is 0 Å². The molecule has 0 spiro atoms. The molecule has 2 aliphatic heterocycles. The number of amidine groups is 1. The molecule has 0 aliphatic carbocycles. The van der Waals surface area contributed by atoms with Crippen LogP contribution in [0.15, 0.2) is 59.4 Å². The molecule has 0 saturated heterocycles. The van der Waals surface area contributed by atoms with Crippen LogP contribution < -0.4 is 19.9 Å². The summed E-state index contributed by atoms with van der Waals surface area (Å²) in [5, 5.41) is 12.3. The number of nitrogens with zero attached hydrogens (tertiary/aromatic N) is 4. The highest BCUT2D eigenvalue weighted by molar-refractivity contribution is 5.98. The number of carboxylic acids is 1. The number of hydrogen-bond acceptors (Lipinski definition) is 6. The van der Waals surface area contributed by atoms with Gasteiger partial charge in [-0.25, -0.2) is 9.98 Å². The molecule has 2 aromatic rings. The number of anilines is 3. The maximum absolute atomic E-state index is 13.2. The lowest BCUT2D eigenvalue weighted by atomic mass is 10.0. The lowest BCUT2D eigenvalue weighted by molar-refractivity contribution is -0.136. The zero-order valence-corrected chi connectivity index (χ0v) is 23.2. The summed E-state index contributed by atoms with van der Waals surface area (Å²) in [6, 6.07) is 7.30. The normalized spacial score (nSPS) is 16.4.